The van der Waals surface area contributed by atoms with Crippen LogP contribution in [-0.2, 0) is 17.3 Å². The molecular weight excluding hydrogens is 274 g/mol. The van der Waals surface area contributed by atoms with E-state index in [9.17, 15) is 9.66 Å². The zero-order chi connectivity index (χ0) is 14.4. The van der Waals surface area contributed by atoms with E-state index in [-0.39, 0.29) is 6.61 Å². The van der Waals surface area contributed by atoms with E-state index in [4.69, 9.17) is 4.18 Å². The van der Waals surface area contributed by atoms with Crippen molar-refractivity contribution in [1.29, 1.82) is 0 Å². The van der Waals surface area contributed by atoms with Gasteiger partial charge in [-0.1, -0.05) is 42.5 Å². The molecule has 0 aromatic heterocycles. The van der Waals surface area contributed by atoms with Gasteiger partial charge in [0.25, 0.3) is 0 Å². The van der Waals surface area contributed by atoms with Crippen molar-refractivity contribution >= 4 is 10.8 Å². The van der Waals surface area contributed by atoms with Crippen LogP contribution in [0.15, 0.2) is 59.5 Å². The van der Waals surface area contributed by atoms with Crippen LogP contribution >= 0.6 is 10.8 Å². The lowest BCUT2D eigenvalue weighted by molar-refractivity contribution is 0.281. The Morgan fingerprint density at radius 1 is 1.05 bits per heavy atom. The lowest BCUT2D eigenvalue weighted by Crippen LogP contribution is -2.21. The zero-order valence-corrected chi connectivity index (χ0v) is 12.1. The summed E-state index contributed by atoms with van der Waals surface area (Å²) in [6.07, 6.45) is 0. The summed E-state index contributed by atoms with van der Waals surface area (Å²) in [6, 6.07) is 16.9. The van der Waals surface area contributed by atoms with Crippen molar-refractivity contribution in [2.45, 2.75) is 18.0 Å². The summed E-state index contributed by atoms with van der Waals surface area (Å²) >= 11 is 0. The maximum absolute atomic E-state index is 10.6. The summed E-state index contributed by atoms with van der Waals surface area (Å²) in [4.78, 5) is 0.641. The van der Waals surface area contributed by atoms with Gasteiger partial charge in [0.05, 0.1) is 18.6 Å². The molecule has 0 heterocycles. The summed E-state index contributed by atoms with van der Waals surface area (Å²) in [5.41, 5.74) is 1.81. The molecule has 0 aliphatic carbocycles. The molecular formula is C15H19NO3S. The van der Waals surface area contributed by atoms with Gasteiger partial charge in [-0.3, -0.25) is 8.74 Å². The van der Waals surface area contributed by atoms with Crippen molar-refractivity contribution in [2.75, 3.05) is 7.11 Å². The molecule has 2 rings (SSSR count). The standard InChI is InChI=1S/C15H19NO3S/c1-19-20(18,15-9-5-8-14(10-15)12-17)16-11-13-6-3-2-4-7-13/h2-10,16-18H,11-12H2,1H3. The normalized spacial score (nSPS) is 15.6. The highest BCUT2D eigenvalue weighted by atomic mass is 32.3. The molecule has 3 N–H and O–H groups in total. The van der Waals surface area contributed by atoms with E-state index in [1.165, 1.54) is 7.11 Å². The van der Waals surface area contributed by atoms with Gasteiger partial charge >= 0.3 is 0 Å². The average Bonchev–Trinajstić information content (AvgIpc) is 2.53. The Bertz CT molecular complexity index is 550. The summed E-state index contributed by atoms with van der Waals surface area (Å²) in [5, 5.41) is 9.17. The molecule has 4 nitrogen and oxygen atoms in total. The molecule has 2 aromatic carbocycles. The van der Waals surface area contributed by atoms with Crippen molar-refractivity contribution in [3.8, 4) is 0 Å². The van der Waals surface area contributed by atoms with Crippen LogP contribution in [0, 0.1) is 0 Å². The highest BCUT2D eigenvalue weighted by Crippen LogP contribution is 2.48. The molecule has 0 spiro atoms. The van der Waals surface area contributed by atoms with Crippen LogP contribution in [0.2, 0.25) is 0 Å². The molecule has 0 aliphatic rings. The summed E-state index contributed by atoms with van der Waals surface area (Å²) in [6.45, 7) is 0.440. The number of aliphatic hydroxyl groups is 1. The third-order valence-electron chi connectivity index (χ3n) is 2.96. The van der Waals surface area contributed by atoms with Crippen molar-refractivity contribution < 1.29 is 13.8 Å². The van der Waals surface area contributed by atoms with E-state index in [0.29, 0.717) is 11.4 Å². The number of aliphatic hydroxyl groups excluding tert-OH is 1. The van der Waals surface area contributed by atoms with Gasteiger partial charge in [-0.25, -0.2) is 4.72 Å². The van der Waals surface area contributed by atoms with Gasteiger partial charge in [-0.2, -0.15) is 0 Å². The maximum Gasteiger partial charge on any atom is 0.0755 e. The molecule has 0 saturated heterocycles. The van der Waals surface area contributed by atoms with Crippen LogP contribution in [0.1, 0.15) is 11.1 Å². The van der Waals surface area contributed by atoms with Crippen LogP contribution < -0.4 is 4.72 Å². The number of hydrogen-bond donors (Lipinski definition) is 3. The first-order valence-electron chi connectivity index (χ1n) is 6.27. The molecule has 5 heteroatoms. The summed E-state index contributed by atoms with van der Waals surface area (Å²) < 4.78 is 19.0. The van der Waals surface area contributed by atoms with Crippen LogP contribution in [0.4, 0.5) is 0 Å². The Morgan fingerprint density at radius 2 is 1.75 bits per heavy atom. The van der Waals surface area contributed by atoms with E-state index in [1.807, 2.05) is 30.3 Å². The van der Waals surface area contributed by atoms with Crippen LogP contribution in [-0.4, -0.2) is 16.8 Å². The molecule has 0 amide bonds. The van der Waals surface area contributed by atoms with E-state index in [2.05, 4.69) is 4.72 Å². The minimum absolute atomic E-state index is 0.0637. The topological polar surface area (TPSA) is 61.7 Å². The van der Waals surface area contributed by atoms with Crippen LogP contribution in [0.5, 0.6) is 0 Å². The molecule has 2 aromatic rings. The van der Waals surface area contributed by atoms with E-state index in [0.717, 1.165) is 11.1 Å². The fourth-order valence-corrected chi connectivity index (χ4v) is 3.24. The molecule has 1 unspecified atom stereocenters. The van der Waals surface area contributed by atoms with Crippen LogP contribution in [0.25, 0.3) is 0 Å². The third kappa shape index (κ3) is 3.59. The monoisotopic (exact) mass is 293 g/mol. The predicted octanol–water partition coefficient (Wildman–Crippen LogP) is 3.08. The van der Waals surface area contributed by atoms with E-state index < -0.39 is 10.8 Å². The minimum Gasteiger partial charge on any atom is -0.392 e. The highest BCUT2D eigenvalue weighted by Gasteiger charge is 2.18. The van der Waals surface area contributed by atoms with Gasteiger partial charge in [0.1, 0.15) is 0 Å². The van der Waals surface area contributed by atoms with Gasteiger partial charge in [-0.15, -0.1) is 10.8 Å². The molecule has 108 valence electrons. The van der Waals surface area contributed by atoms with Crippen molar-refractivity contribution in [2.24, 2.45) is 0 Å². The first-order chi connectivity index (χ1) is 9.68. The second kappa shape index (κ2) is 6.88. The third-order valence-corrected chi connectivity index (χ3v) is 4.87. The Balaban J connectivity index is 2.15. The maximum atomic E-state index is 10.6. The first-order valence-corrected chi connectivity index (χ1v) is 7.79. The van der Waals surface area contributed by atoms with Gasteiger partial charge in [-0.05, 0) is 23.3 Å². The minimum atomic E-state index is -2.55. The van der Waals surface area contributed by atoms with Crippen molar-refractivity contribution in [1.82, 2.24) is 4.72 Å². The van der Waals surface area contributed by atoms with Gasteiger partial charge < -0.3 is 5.11 Å². The summed E-state index contributed by atoms with van der Waals surface area (Å²) in [5.74, 6) is 0. The Morgan fingerprint density at radius 3 is 2.40 bits per heavy atom. The Hall–Kier alpha value is -1.37. The number of nitrogens with one attached hydrogen (secondary N) is 1. The van der Waals surface area contributed by atoms with Crippen molar-refractivity contribution in [3.05, 3.63) is 65.7 Å². The van der Waals surface area contributed by atoms with Crippen LogP contribution in [0.3, 0.4) is 0 Å². The molecule has 20 heavy (non-hydrogen) atoms. The number of benzene rings is 2. The quantitative estimate of drug-likeness (QED) is 0.766. The fourth-order valence-electron chi connectivity index (χ4n) is 1.83. The van der Waals surface area contributed by atoms with E-state index in [1.54, 1.807) is 24.3 Å². The second-order valence-corrected chi connectivity index (χ2v) is 6.45. The largest absolute Gasteiger partial charge is 0.392 e. The molecule has 0 bridgehead atoms. The van der Waals surface area contributed by atoms with E-state index >= 15 is 0 Å². The Kier molecular flexibility index (Phi) is 5.17. The number of rotatable bonds is 6. The lowest BCUT2D eigenvalue weighted by atomic mass is 10.2. The highest BCUT2D eigenvalue weighted by molar-refractivity contribution is 8.23. The zero-order valence-electron chi connectivity index (χ0n) is 11.3. The molecule has 0 fully saturated rings. The average molecular weight is 293 g/mol. The molecule has 1 atom stereocenters. The molecule has 0 radical (unpaired) electrons. The smallest absolute Gasteiger partial charge is 0.0755 e. The second-order valence-electron chi connectivity index (χ2n) is 4.30. The van der Waals surface area contributed by atoms with Gasteiger partial charge in [0, 0.05) is 6.54 Å². The first kappa shape index (κ1) is 15.0. The fraction of sp³-hybridized carbons (Fsp3) is 0.200. The molecule has 0 aliphatic heterocycles. The Labute approximate surface area is 120 Å². The lowest BCUT2D eigenvalue weighted by Gasteiger charge is -2.37. The van der Waals surface area contributed by atoms with Gasteiger partial charge in [0.2, 0.25) is 0 Å². The SMILES string of the molecule is COS(O)(NCc1ccccc1)c1cccc(CO)c1. The summed E-state index contributed by atoms with van der Waals surface area (Å²) in [7, 11) is -1.08. The predicted molar refractivity (Wildman–Crippen MR) is 81.1 cm³/mol. The van der Waals surface area contributed by atoms with Crippen molar-refractivity contribution in [3.63, 3.8) is 0 Å². The number of hydrogen-bond acceptors (Lipinski definition) is 4. The van der Waals surface area contributed by atoms with Gasteiger partial charge in [0.15, 0.2) is 0 Å². The molecule has 0 saturated carbocycles.